The highest BCUT2D eigenvalue weighted by Gasteiger charge is 2.48. The average Bonchev–Trinajstić information content (AvgIpc) is 3.59. The minimum atomic E-state index is -1.03. The van der Waals surface area contributed by atoms with Crippen LogP contribution in [0.3, 0.4) is 0 Å². The van der Waals surface area contributed by atoms with Gasteiger partial charge in [-0.3, -0.25) is 14.5 Å². The molecule has 0 spiro atoms. The van der Waals surface area contributed by atoms with E-state index in [1.807, 2.05) is 6.92 Å². The molecule has 4 aromatic rings. The molecule has 10 heteroatoms. The van der Waals surface area contributed by atoms with Gasteiger partial charge in [0.15, 0.2) is 16.6 Å². The van der Waals surface area contributed by atoms with Gasteiger partial charge in [-0.05, 0) is 66.6 Å². The Balaban J connectivity index is 1.55. The van der Waals surface area contributed by atoms with Crippen LogP contribution in [0.25, 0.3) is 16.0 Å². The van der Waals surface area contributed by atoms with Crippen LogP contribution in [-0.2, 0) is 16.0 Å². The quantitative estimate of drug-likeness (QED) is 0.203. The first-order valence-corrected chi connectivity index (χ1v) is 13.0. The third-order valence-corrected chi connectivity index (χ3v) is 7.90. The van der Waals surface area contributed by atoms with Gasteiger partial charge >= 0.3 is 5.91 Å². The number of carbonyl (C=O) groups excluding carboxylic acids is 2. The predicted octanol–water partition coefficient (Wildman–Crippen LogP) is 5.40. The number of hydrogen-bond acceptors (Lipinski definition) is 8. The number of Topliss-reactive ketones (excluding diaryl/α,β-unsaturated/α-hetero) is 1. The molecule has 1 fully saturated rings. The molecule has 0 saturated carbocycles. The topological polar surface area (TPSA) is 98.2 Å². The number of amides is 1. The van der Waals surface area contributed by atoms with Crippen molar-refractivity contribution in [1.82, 2.24) is 4.98 Å². The lowest BCUT2D eigenvalue weighted by atomic mass is 9.94. The van der Waals surface area contributed by atoms with Crippen molar-refractivity contribution in [1.29, 1.82) is 0 Å². The summed E-state index contributed by atoms with van der Waals surface area (Å²) in [4.78, 5) is 32.9. The summed E-state index contributed by atoms with van der Waals surface area (Å²) in [6, 6.07) is 13.3. The van der Waals surface area contributed by atoms with Crippen molar-refractivity contribution in [2.45, 2.75) is 25.5 Å². The molecule has 1 saturated heterocycles. The second kappa shape index (κ2) is 9.39. The second-order valence-corrected chi connectivity index (χ2v) is 10.4. The molecule has 3 aromatic carbocycles. The van der Waals surface area contributed by atoms with Gasteiger partial charge in [-0.1, -0.05) is 17.4 Å². The molecule has 39 heavy (non-hydrogen) atoms. The molecule has 0 radical (unpaired) electrons. The van der Waals surface area contributed by atoms with E-state index < -0.39 is 23.5 Å². The number of ketones is 1. The lowest BCUT2D eigenvalue weighted by Crippen LogP contribution is -2.29. The summed E-state index contributed by atoms with van der Waals surface area (Å²) in [5.74, 6) is -0.900. The van der Waals surface area contributed by atoms with E-state index >= 15 is 0 Å². The van der Waals surface area contributed by atoms with Crippen molar-refractivity contribution >= 4 is 44.1 Å². The third kappa shape index (κ3) is 4.08. The van der Waals surface area contributed by atoms with Crippen molar-refractivity contribution in [3.63, 3.8) is 0 Å². The first-order valence-electron chi connectivity index (χ1n) is 12.2. The van der Waals surface area contributed by atoms with Crippen LogP contribution < -0.4 is 19.1 Å². The monoisotopic (exact) mass is 546 g/mol. The fourth-order valence-electron chi connectivity index (χ4n) is 5.08. The number of nitrogens with zero attached hydrogens (tertiary/aromatic N) is 2. The van der Waals surface area contributed by atoms with Crippen LogP contribution in [0.1, 0.15) is 29.7 Å². The van der Waals surface area contributed by atoms with E-state index in [2.05, 4.69) is 4.98 Å². The van der Waals surface area contributed by atoms with Crippen molar-refractivity contribution < 1.29 is 33.3 Å². The van der Waals surface area contributed by atoms with Gasteiger partial charge in [0, 0.05) is 12.0 Å². The number of anilines is 1. The Morgan fingerprint density at radius 1 is 1.08 bits per heavy atom. The molecule has 2 aliphatic rings. The minimum absolute atomic E-state index is 0.00128. The highest BCUT2D eigenvalue weighted by Crippen LogP contribution is 2.46. The fourth-order valence-corrected chi connectivity index (χ4v) is 6.10. The number of carbonyl (C=O) groups is 2. The molecule has 0 unspecified atom stereocenters. The maximum Gasteiger partial charge on any atom is 0.301 e. The van der Waals surface area contributed by atoms with E-state index in [1.54, 1.807) is 36.4 Å². The van der Waals surface area contributed by atoms with Crippen molar-refractivity contribution in [2.24, 2.45) is 0 Å². The van der Waals surface area contributed by atoms with Gasteiger partial charge in [0.05, 0.1) is 36.1 Å². The number of halogens is 1. The largest absolute Gasteiger partial charge is 0.507 e. The zero-order valence-electron chi connectivity index (χ0n) is 21.2. The molecular formula is C29H23FN2O6S. The Kier molecular flexibility index (Phi) is 5.99. The molecule has 0 aliphatic carbocycles. The highest BCUT2D eigenvalue weighted by molar-refractivity contribution is 7.22. The number of rotatable bonds is 5. The van der Waals surface area contributed by atoms with E-state index in [-0.39, 0.29) is 22.6 Å². The van der Waals surface area contributed by atoms with Crippen LogP contribution in [0.15, 0.2) is 60.2 Å². The van der Waals surface area contributed by atoms with Gasteiger partial charge in [0.1, 0.15) is 23.4 Å². The molecule has 1 amide bonds. The standard InChI is InChI=1S/C29H23FN2O6S/c1-14-10-17-11-16(5-8-20(17)38-14)26(33)24-25(15-4-9-21(36-2)22(12-15)37-3)32(28(35)27(24)34)29-31-19-7-6-18(30)13-23(19)39-29/h4-9,11-14,25,33H,10H2,1-3H3/b26-24+/t14-,25+/m0/s1. The molecule has 3 heterocycles. The summed E-state index contributed by atoms with van der Waals surface area (Å²) in [5, 5.41) is 11.7. The Hall–Kier alpha value is -4.44. The van der Waals surface area contributed by atoms with Crippen LogP contribution in [0, 0.1) is 5.82 Å². The number of benzene rings is 3. The van der Waals surface area contributed by atoms with E-state index in [0.717, 1.165) is 22.6 Å². The number of ether oxygens (including phenoxy) is 3. The van der Waals surface area contributed by atoms with Crippen LogP contribution in [0.2, 0.25) is 0 Å². The summed E-state index contributed by atoms with van der Waals surface area (Å²) in [5.41, 5.74) is 2.18. The summed E-state index contributed by atoms with van der Waals surface area (Å²) in [6.45, 7) is 1.95. The Bertz CT molecular complexity index is 1700. The molecule has 2 atom stereocenters. The number of aromatic nitrogens is 1. The average molecular weight is 547 g/mol. The molecule has 1 aromatic heterocycles. The van der Waals surface area contributed by atoms with E-state index in [0.29, 0.717) is 39.3 Å². The second-order valence-electron chi connectivity index (χ2n) is 9.35. The third-order valence-electron chi connectivity index (χ3n) is 6.88. The minimum Gasteiger partial charge on any atom is -0.507 e. The van der Waals surface area contributed by atoms with E-state index in [9.17, 15) is 19.1 Å². The predicted molar refractivity (Wildman–Crippen MR) is 144 cm³/mol. The smallest absolute Gasteiger partial charge is 0.301 e. The Labute approximate surface area is 226 Å². The summed E-state index contributed by atoms with van der Waals surface area (Å²) in [6.07, 6.45) is 0.658. The van der Waals surface area contributed by atoms with Crippen LogP contribution in [-0.4, -0.2) is 42.1 Å². The van der Waals surface area contributed by atoms with E-state index in [1.165, 1.54) is 37.3 Å². The molecule has 198 valence electrons. The molecule has 1 N–H and O–H groups in total. The van der Waals surface area contributed by atoms with Crippen LogP contribution >= 0.6 is 11.3 Å². The van der Waals surface area contributed by atoms with Crippen LogP contribution in [0.4, 0.5) is 9.52 Å². The molecule has 6 rings (SSSR count). The van der Waals surface area contributed by atoms with Crippen LogP contribution in [0.5, 0.6) is 17.2 Å². The normalized spacial score (nSPS) is 19.8. The number of aliphatic hydroxyl groups is 1. The Morgan fingerprint density at radius 3 is 2.64 bits per heavy atom. The molecule has 0 bridgehead atoms. The van der Waals surface area contributed by atoms with Gasteiger partial charge in [-0.15, -0.1) is 0 Å². The van der Waals surface area contributed by atoms with Gasteiger partial charge < -0.3 is 19.3 Å². The summed E-state index contributed by atoms with van der Waals surface area (Å²) in [7, 11) is 2.98. The number of aliphatic hydroxyl groups excluding tert-OH is 1. The lowest BCUT2D eigenvalue weighted by molar-refractivity contribution is -0.132. The molecular weight excluding hydrogens is 523 g/mol. The summed E-state index contributed by atoms with van der Waals surface area (Å²) < 4.78 is 31.0. The van der Waals surface area contributed by atoms with Gasteiger partial charge in [-0.2, -0.15) is 0 Å². The van der Waals surface area contributed by atoms with E-state index in [4.69, 9.17) is 14.2 Å². The summed E-state index contributed by atoms with van der Waals surface area (Å²) >= 11 is 1.08. The number of hydrogen-bond donors (Lipinski definition) is 1. The maximum atomic E-state index is 13.9. The molecule has 8 nitrogen and oxygen atoms in total. The number of fused-ring (bicyclic) bond motifs is 2. The SMILES string of the molecule is COc1ccc([C@@H]2/C(=C(\O)c3ccc4c(c3)C[C@H](C)O4)C(=O)C(=O)N2c2nc3ccc(F)cc3s2)cc1OC. The van der Waals surface area contributed by atoms with Crippen molar-refractivity contribution in [3.05, 3.63) is 82.7 Å². The Morgan fingerprint density at radius 2 is 1.87 bits per heavy atom. The van der Waals surface area contributed by atoms with Gasteiger partial charge in [0.25, 0.3) is 5.78 Å². The number of methoxy groups -OCH3 is 2. The fraction of sp³-hybridized carbons (Fsp3) is 0.207. The maximum absolute atomic E-state index is 13.9. The molecule has 2 aliphatic heterocycles. The lowest BCUT2D eigenvalue weighted by Gasteiger charge is -2.23. The zero-order valence-corrected chi connectivity index (χ0v) is 22.0. The first kappa shape index (κ1) is 24.9. The van der Waals surface area contributed by atoms with Crippen molar-refractivity contribution in [2.75, 3.05) is 19.1 Å². The highest BCUT2D eigenvalue weighted by atomic mass is 32.1. The van der Waals surface area contributed by atoms with Crippen molar-refractivity contribution in [3.8, 4) is 17.2 Å². The first-order chi connectivity index (χ1) is 18.8. The van der Waals surface area contributed by atoms with Gasteiger partial charge in [-0.25, -0.2) is 9.37 Å². The van der Waals surface area contributed by atoms with Gasteiger partial charge in [0.2, 0.25) is 0 Å². The zero-order chi connectivity index (χ0) is 27.4. The number of thiazole rings is 1.